The van der Waals surface area contributed by atoms with Gasteiger partial charge in [0.05, 0.1) is 49.7 Å². The Balaban J connectivity index is 1.78. The average Bonchev–Trinajstić information content (AvgIpc) is 3.17. The van der Waals surface area contributed by atoms with E-state index >= 15 is 0 Å². The second-order valence-corrected chi connectivity index (χ2v) is 7.10. The number of aliphatic hydroxyl groups is 1. The van der Waals surface area contributed by atoms with Crippen LogP contribution in [0.2, 0.25) is 0 Å². The molecule has 2 aromatic heterocycles. The van der Waals surface area contributed by atoms with Crippen LogP contribution >= 0.6 is 0 Å². The van der Waals surface area contributed by atoms with E-state index in [2.05, 4.69) is 27.6 Å². The summed E-state index contributed by atoms with van der Waals surface area (Å²) in [5, 5.41) is 19.9. The van der Waals surface area contributed by atoms with Gasteiger partial charge in [-0.05, 0) is 19.1 Å². The van der Waals surface area contributed by atoms with E-state index in [0.717, 1.165) is 16.6 Å². The van der Waals surface area contributed by atoms with Crippen molar-refractivity contribution in [1.82, 2.24) is 25.1 Å². The summed E-state index contributed by atoms with van der Waals surface area (Å²) in [6, 6.07) is 7.34. The number of hydrogen-bond donors (Lipinski definition) is 3. The third-order valence-electron chi connectivity index (χ3n) is 5.06. The van der Waals surface area contributed by atoms with E-state index in [1.54, 1.807) is 17.9 Å². The van der Waals surface area contributed by atoms with Crippen LogP contribution in [0, 0.1) is 0 Å². The highest BCUT2D eigenvalue weighted by Gasteiger charge is 2.24. The molecule has 1 atom stereocenters. The number of anilines is 2. The van der Waals surface area contributed by atoms with Crippen molar-refractivity contribution >= 4 is 28.7 Å². The van der Waals surface area contributed by atoms with Crippen LogP contribution < -0.4 is 15.5 Å². The van der Waals surface area contributed by atoms with Gasteiger partial charge in [-0.25, -0.2) is 14.5 Å². The number of nitrogens with one attached hydrogen (secondary N) is 2. The number of fused-ring (bicyclic) bond motifs is 1. The van der Waals surface area contributed by atoms with Gasteiger partial charge in [-0.1, -0.05) is 12.1 Å². The summed E-state index contributed by atoms with van der Waals surface area (Å²) in [5.74, 6) is 0.612. The fraction of sp³-hybridized carbons (Fsp3) is 0.400. The fourth-order valence-corrected chi connectivity index (χ4v) is 3.48. The van der Waals surface area contributed by atoms with Crippen LogP contribution in [0.25, 0.3) is 22.3 Å². The number of urea groups is 1. The van der Waals surface area contributed by atoms with Crippen molar-refractivity contribution in [1.29, 1.82) is 0 Å². The van der Waals surface area contributed by atoms with Crippen LogP contribution in [0.5, 0.6) is 0 Å². The van der Waals surface area contributed by atoms with Gasteiger partial charge >= 0.3 is 6.03 Å². The van der Waals surface area contributed by atoms with E-state index in [0.29, 0.717) is 43.6 Å². The number of carbonyl (C=O) groups excluding carboxylic acids is 1. The quantitative estimate of drug-likeness (QED) is 0.582. The zero-order chi connectivity index (χ0) is 21.1. The maximum Gasteiger partial charge on any atom is 0.318 e. The molecular weight excluding hydrogens is 386 g/mol. The molecule has 0 unspecified atom stereocenters. The zero-order valence-corrected chi connectivity index (χ0v) is 17.0. The normalized spacial score (nSPS) is 16.6. The third kappa shape index (κ3) is 3.91. The number of aliphatic hydroxyl groups excluding tert-OH is 1. The first kappa shape index (κ1) is 20.0. The van der Waals surface area contributed by atoms with Gasteiger partial charge in [-0.15, -0.1) is 0 Å². The zero-order valence-electron chi connectivity index (χ0n) is 17.0. The Hall–Kier alpha value is -3.24. The Morgan fingerprint density at radius 2 is 2.10 bits per heavy atom. The Bertz CT molecular complexity index is 1030. The number of aromatic nitrogens is 4. The number of benzene rings is 1. The molecule has 0 saturated carbocycles. The lowest BCUT2D eigenvalue weighted by atomic mass is 10.1. The summed E-state index contributed by atoms with van der Waals surface area (Å²) in [6.07, 6.45) is 1.73. The SMILES string of the molecule is CNC(=O)Nc1ccc(-c2nc(N3CCOC[C@@H]3C)nc3c2cnn3CCO)cc1. The van der Waals surface area contributed by atoms with Gasteiger partial charge in [-0.3, -0.25) is 0 Å². The second-order valence-electron chi connectivity index (χ2n) is 7.10. The first-order chi connectivity index (χ1) is 14.6. The van der Waals surface area contributed by atoms with Gasteiger partial charge in [0.2, 0.25) is 5.95 Å². The van der Waals surface area contributed by atoms with Gasteiger partial charge in [0, 0.05) is 24.8 Å². The second kappa shape index (κ2) is 8.64. The van der Waals surface area contributed by atoms with E-state index < -0.39 is 0 Å². The summed E-state index contributed by atoms with van der Waals surface area (Å²) in [7, 11) is 1.57. The van der Waals surface area contributed by atoms with Crippen LogP contribution in [0.3, 0.4) is 0 Å². The molecule has 1 fully saturated rings. The Morgan fingerprint density at radius 1 is 1.30 bits per heavy atom. The van der Waals surface area contributed by atoms with Crippen molar-refractivity contribution in [2.45, 2.75) is 19.5 Å². The van der Waals surface area contributed by atoms with E-state index in [4.69, 9.17) is 14.7 Å². The van der Waals surface area contributed by atoms with Crippen molar-refractivity contribution in [2.75, 3.05) is 43.6 Å². The number of rotatable bonds is 5. The molecule has 0 aliphatic carbocycles. The van der Waals surface area contributed by atoms with Crippen LogP contribution in [-0.4, -0.2) is 70.3 Å². The lowest BCUT2D eigenvalue weighted by Crippen LogP contribution is -2.44. The summed E-state index contributed by atoms with van der Waals surface area (Å²) in [5.41, 5.74) is 3.00. The summed E-state index contributed by atoms with van der Waals surface area (Å²) in [4.78, 5) is 23.3. The Morgan fingerprint density at radius 3 is 2.80 bits per heavy atom. The number of carbonyl (C=O) groups is 1. The molecule has 158 valence electrons. The van der Waals surface area contributed by atoms with Gasteiger partial charge in [0.1, 0.15) is 0 Å². The predicted octanol–water partition coefficient (Wildman–Crippen LogP) is 1.46. The molecule has 0 radical (unpaired) electrons. The van der Waals surface area contributed by atoms with Crippen molar-refractivity contribution in [3.63, 3.8) is 0 Å². The summed E-state index contributed by atoms with van der Waals surface area (Å²) >= 11 is 0. The van der Waals surface area contributed by atoms with Crippen molar-refractivity contribution in [3.05, 3.63) is 30.5 Å². The molecule has 10 nitrogen and oxygen atoms in total. The largest absolute Gasteiger partial charge is 0.394 e. The van der Waals surface area contributed by atoms with Crippen molar-refractivity contribution in [2.24, 2.45) is 0 Å². The molecule has 1 aliphatic heterocycles. The van der Waals surface area contributed by atoms with Crippen molar-refractivity contribution in [3.8, 4) is 11.3 Å². The van der Waals surface area contributed by atoms with Gasteiger partial charge in [0.25, 0.3) is 0 Å². The first-order valence-corrected chi connectivity index (χ1v) is 9.88. The highest BCUT2D eigenvalue weighted by atomic mass is 16.5. The highest BCUT2D eigenvalue weighted by Crippen LogP contribution is 2.30. The molecule has 0 spiro atoms. The van der Waals surface area contributed by atoms with Crippen LogP contribution in [0.1, 0.15) is 6.92 Å². The third-order valence-corrected chi connectivity index (χ3v) is 5.06. The molecule has 0 bridgehead atoms. The smallest absolute Gasteiger partial charge is 0.318 e. The minimum atomic E-state index is -0.277. The van der Waals surface area contributed by atoms with Crippen LogP contribution in [-0.2, 0) is 11.3 Å². The number of ether oxygens (including phenoxy) is 1. The molecular formula is C20H25N7O3. The minimum absolute atomic E-state index is 0.0285. The monoisotopic (exact) mass is 411 g/mol. The van der Waals surface area contributed by atoms with Crippen LogP contribution in [0.15, 0.2) is 30.5 Å². The molecule has 10 heteroatoms. The Labute approximate surface area is 173 Å². The van der Waals surface area contributed by atoms with Gasteiger partial charge < -0.3 is 25.4 Å². The standard InChI is InChI=1S/C20H25N7O3/c1-13-12-30-10-8-26(13)19-24-17(16-11-22-27(7-9-28)18(16)25-19)14-3-5-15(6-4-14)23-20(29)21-2/h3-6,11,13,28H,7-10,12H2,1-2H3,(H2,21,23,29)/t13-/m0/s1. The van der Waals surface area contributed by atoms with E-state index in [-0.39, 0.29) is 18.7 Å². The molecule has 3 aromatic rings. The maximum absolute atomic E-state index is 11.5. The summed E-state index contributed by atoms with van der Waals surface area (Å²) < 4.78 is 7.24. The molecule has 1 aromatic carbocycles. The van der Waals surface area contributed by atoms with Gasteiger partial charge in [-0.2, -0.15) is 10.1 Å². The first-order valence-electron chi connectivity index (χ1n) is 9.88. The summed E-state index contributed by atoms with van der Waals surface area (Å²) in [6.45, 7) is 4.35. The molecule has 1 aliphatic rings. The Kier molecular flexibility index (Phi) is 5.77. The lowest BCUT2D eigenvalue weighted by Gasteiger charge is -2.33. The molecule has 1 saturated heterocycles. The molecule has 4 rings (SSSR count). The topological polar surface area (TPSA) is 117 Å². The van der Waals surface area contributed by atoms with E-state index in [9.17, 15) is 9.90 Å². The molecule has 3 N–H and O–H groups in total. The number of hydrogen-bond acceptors (Lipinski definition) is 7. The lowest BCUT2D eigenvalue weighted by molar-refractivity contribution is 0.0981. The predicted molar refractivity (Wildman–Crippen MR) is 114 cm³/mol. The van der Waals surface area contributed by atoms with E-state index in [1.807, 2.05) is 24.3 Å². The molecule has 30 heavy (non-hydrogen) atoms. The van der Waals surface area contributed by atoms with Crippen molar-refractivity contribution < 1.29 is 14.6 Å². The number of morpholine rings is 1. The maximum atomic E-state index is 11.5. The fourth-order valence-electron chi connectivity index (χ4n) is 3.48. The highest BCUT2D eigenvalue weighted by molar-refractivity contribution is 5.92. The average molecular weight is 411 g/mol. The minimum Gasteiger partial charge on any atom is -0.394 e. The van der Waals surface area contributed by atoms with Crippen LogP contribution in [0.4, 0.5) is 16.4 Å². The van der Waals surface area contributed by atoms with E-state index in [1.165, 1.54) is 0 Å². The van der Waals surface area contributed by atoms with Gasteiger partial charge in [0.15, 0.2) is 5.65 Å². The molecule has 3 heterocycles. The molecule has 2 amide bonds. The number of nitrogens with zero attached hydrogens (tertiary/aromatic N) is 5. The number of amides is 2.